The van der Waals surface area contributed by atoms with Crippen LogP contribution in [0.3, 0.4) is 0 Å². The number of carbonyl (C=O) groups excluding carboxylic acids is 1. The van der Waals surface area contributed by atoms with Gasteiger partial charge in [0.2, 0.25) is 5.91 Å². The summed E-state index contributed by atoms with van der Waals surface area (Å²) in [4.78, 5) is 11.3. The molecule has 0 spiro atoms. The Morgan fingerprint density at radius 1 is 1.53 bits per heavy atom. The van der Waals surface area contributed by atoms with Crippen molar-refractivity contribution >= 4 is 11.6 Å². The number of hydrogen-bond donors (Lipinski definition) is 1. The SMILES string of the molecule is Cc1ccc(OC(C)C)cc1NC(=O)CC#N. The molecule has 0 aromatic heterocycles. The lowest BCUT2D eigenvalue weighted by atomic mass is 10.2. The first-order valence-corrected chi connectivity index (χ1v) is 5.47. The second-order valence-electron chi connectivity index (χ2n) is 4.03. The van der Waals surface area contributed by atoms with Gasteiger partial charge in [0.25, 0.3) is 0 Å². The molecule has 4 heteroatoms. The van der Waals surface area contributed by atoms with E-state index in [9.17, 15) is 4.79 Å². The van der Waals surface area contributed by atoms with Crippen LogP contribution in [0, 0.1) is 18.3 Å². The topological polar surface area (TPSA) is 62.1 Å². The summed E-state index contributed by atoms with van der Waals surface area (Å²) in [6.45, 7) is 5.77. The maximum absolute atomic E-state index is 11.3. The van der Waals surface area contributed by atoms with Gasteiger partial charge in [-0.25, -0.2) is 0 Å². The third-order valence-electron chi connectivity index (χ3n) is 2.09. The zero-order valence-electron chi connectivity index (χ0n) is 10.3. The number of nitrogens with zero attached hydrogens (tertiary/aromatic N) is 1. The summed E-state index contributed by atoms with van der Waals surface area (Å²) in [6, 6.07) is 7.31. The highest BCUT2D eigenvalue weighted by molar-refractivity contribution is 5.92. The summed E-state index contributed by atoms with van der Waals surface area (Å²) >= 11 is 0. The van der Waals surface area contributed by atoms with Crippen LogP contribution in [-0.2, 0) is 4.79 Å². The molecule has 1 aromatic rings. The van der Waals surface area contributed by atoms with E-state index in [-0.39, 0.29) is 18.4 Å². The van der Waals surface area contributed by atoms with Crippen LogP contribution < -0.4 is 10.1 Å². The summed E-state index contributed by atoms with van der Waals surface area (Å²) in [6.07, 6.45) is -0.0605. The highest BCUT2D eigenvalue weighted by atomic mass is 16.5. The number of aryl methyl sites for hydroxylation is 1. The van der Waals surface area contributed by atoms with Crippen molar-refractivity contribution in [3.8, 4) is 11.8 Å². The molecule has 0 atom stereocenters. The van der Waals surface area contributed by atoms with Crippen molar-refractivity contribution in [2.24, 2.45) is 0 Å². The number of carbonyl (C=O) groups is 1. The van der Waals surface area contributed by atoms with Crippen LogP contribution in [0.1, 0.15) is 25.8 Å². The minimum Gasteiger partial charge on any atom is -0.491 e. The number of benzene rings is 1. The molecule has 1 aromatic carbocycles. The molecule has 0 saturated carbocycles. The molecule has 1 N–H and O–H groups in total. The fourth-order valence-corrected chi connectivity index (χ4v) is 1.35. The maximum atomic E-state index is 11.3. The summed E-state index contributed by atoms with van der Waals surface area (Å²) in [5.74, 6) is 0.398. The first-order chi connectivity index (χ1) is 8.02. The Bertz CT molecular complexity index is 447. The van der Waals surface area contributed by atoms with Crippen molar-refractivity contribution < 1.29 is 9.53 Å². The van der Waals surface area contributed by atoms with E-state index >= 15 is 0 Å². The van der Waals surface area contributed by atoms with Crippen LogP contribution >= 0.6 is 0 Å². The Hall–Kier alpha value is -2.02. The van der Waals surface area contributed by atoms with Crippen LogP contribution in [0.5, 0.6) is 5.75 Å². The van der Waals surface area contributed by atoms with Crippen LogP contribution in [0.2, 0.25) is 0 Å². The summed E-state index contributed by atoms with van der Waals surface area (Å²) in [5, 5.41) is 11.1. The number of nitriles is 1. The van der Waals surface area contributed by atoms with E-state index in [2.05, 4.69) is 5.32 Å². The molecule has 0 aliphatic rings. The number of rotatable bonds is 4. The monoisotopic (exact) mass is 232 g/mol. The number of nitrogens with one attached hydrogen (secondary N) is 1. The molecular formula is C13H16N2O2. The molecule has 1 rings (SSSR count). The van der Waals surface area contributed by atoms with Gasteiger partial charge in [0.05, 0.1) is 12.2 Å². The highest BCUT2D eigenvalue weighted by Gasteiger charge is 2.06. The third kappa shape index (κ3) is 4.15. The molecule has 0 heterocycles. The van der Waals surface area contributed by atoms with Gasteiger partial charge in [-0.05, 0) is 32.4 Å². The lowest BCUT2D eigenvalue weighted by molar-refractivity contribution is -0.115. The maximum Gasteiger partial charge on any atom is 0.238 e. The number of ether oxygens (including phenoxy) is 1. The largest absolute Gasteiger partial charge is 0.491 e. The molecule has 0 fully saturated rings. The zero-order chi connectivity index (χ0) is 12.8. The Morgan fingerprint density at radius 3 is 2.82 bits per heavy atom. The highest BCUT2D eigenvalue weighted by Crippen LogP contribution is 2.22. The molecule has 4 nitrogen and oxygen atoms in total. The quantitative estimate of drug-likeness (QED) is 0.868. The van der Waals surface area contributed by atoms with E-state index in [0.717, 1.165) is 5.56 Å². The normalized spacial score (nSPS) is 9.82. The minimum absolute atomic E-state index is 0.0837. The van der Waals surface area contributed by atoms with Gasteiger partial charge >= 0.3 is 0 Å². The molecule has 0 radical (unpaired) electrons. The van der Waals surface area contributed by atoms with Crippen molar-refractivity contribution in [1.82, 2.24) is 0 Å². The molecule has 0 aliphatic carbocycles. The molecule has 0 bridgehead atoms. The van der Waals surface area contributed by atoms with Crippen LogP contribution in [0.25, 0.3) is 0 Å². The minimum atomic E-state index is -0.308. The summed E-state index contributed by atoms with van der Waals surface area (Å²) < 4.78 is 5.54. The van der Waals surface area contributed by atoms with Gasteiger partial charge in [-0.3, -0.25) is 4.79 Å². The van der Waals surface area contributed by atoms with Gasteiger partial charge in [0.1, 0.15) is 12.2 Å². The first kappa shape index (κ1) is 13.0. The van der Waals surface area contributed by atoms with Gasteiger partial charge in [0, 0.05) is 11.8 Å². The Kier molecular flexibility index (Phi) is 4.53. The third-order valence-corrected chi connectivity index (χ3v) is 2.09. The summed E-state index contributed by atoms with van der Waals surface area (Å²) in [5.41, 5.74) is 1.62. The number of amides is 1. The average molecular weight is 232 g/mol. The fourth-order valence-electron chi connectivity index (χ4n) is 1.35. The van der Waals surface area contributed by atoms with Crippen LogP contribution in [0.15, 0.2) is 18.2 Å². The fraction of sp³-hybridized carbons (Fsp3) is 0.385. The van der Waals surface area contributed by atoms with Crippen molar-refractivity contribution in [2.45, 2.75) is 33.3 Å². The van der Waals surface area contributed by atoms with Gasteiger partial charge in [-0.2, -0.15) is 5.26 Å². The van der Waals surface area contributed by atoms with E-state index in [4.69, 9.17) is 10.00 Å². The smallest absolute Gasteiger partial charge is 0.238 e. The van der Waals surface area contributed by atoms with Gasteiger partial charge in [-0.1, -0.05) is 6.07 Å². The molecule has 90 valence electrons. The average Bonchev–Trinajstić information content (AvgIpc) is 2.22. The second kappa shape index (κ2) is 5.90. The molecule has 1 amide bonds. The summed E-state index contributed by atoms with van der Waals surface area (Å²) in [7, 11) is 0. The van der Waals surface area contributed by atoms with E-state index in [1.165, 1.54) is 0 Å². The van der Waals surface area contributed by atoms with Gasteiger partial charge in [0.15, 0.2) is 0 Å². The van der Waals surface area contributed by atoms with Crippen molar-refractivity contribution in [1.29, 1.82) is 5.26 Å². The standard InChI is InChI=1S/C13H16N2O2/c1-9(2)17-11-5-4-10(3)12(8-11)15-13(16)6-7-14/h4-5,8-9H,6H2,1-3H3,(H,15,16). The van der Waals surface area contributed by atoms with Crippen molar-refractivity contribution in [2.75, 3.05) is 5.32 Å². The predicted octanol–water partition coefficient (Wildman–Crippen LogP) is 2.63. The number of hydrogen-bond acceptors (Lipinski definition) is 3. The van der Waals surface area contributed by atoms with E-state index in [1.54, 1.807) is 6.07 Å². The first-order valence-electron chi connectivity index (χ1n) is 5.47. The molecule has 17 heavy (non-hydrogen) atoms. The zero-order valence-corrected chi connectivity index (χ0v) is 10.3. The Balaban J connectivity index is 2.83. The van der Waals surface area contributed by atoms with Gasteiger partial charge < -0.3 is 10.1 Å². The Morgan fingerprint density at radius 2 is 2.24 bits per heavy atom. The van der Waals surface area contributed by atoms with E-state index < -0.39 is 0 Å². The molecule has 0 saturated heterocycles. The molecule has 0 aliphatic heterocycles. The van der Waals surface area contributed by atoms with Crippen molar-refractivity contribution in [3.63, 3.8) is 0 Å². The van der Waals surface area contributed by atoms with Crippen molar-refractivity contribution in [3.05, 3.63) is 23.8 Å². The van der Waals surface area contributed by atoms with E-state index in [0.29, 0.717) is 11.4 Å². The van der Waals surface area contributed by atoms with Crippen LogP contribution in [-0.4, -0.2) is 12.0 Å². The Labute approximate surface area is 101 Å². The molecule has 0 unspecified atom stereocenters. The van der Waals surface area contributed by atoms with Gasteiger partial charge in [-0.15, -0.1) is 0 Å². The number of anilines is 1. The lowest BCUT2D eigenvalue weighted by Gasteiger charge is -2.13. The molecular weight excluding hydrogens is 216 g/mol. The van der Waals surface area contributed by atoms with E-state index in [1.807, 2.05) is 39.0 Å². The second-order valence-corrected chi connectivity index (χ2v) is 4.03. The lowest BCUT2D eigenvalue weighted by Crippen LogP contribution is -2.12. The predicted molar refractivity (Wildman–Crippen MR) is 65.8 cm³/mol. The van der Waals surface area contributed by atoms with Crippen LogP contribution in [0.4, 0.5) is 5.69 Å².